The molecule has 0 heterocycles. The van der Waals surface area contributed by atoms with Crippen LogP contribution in [0.3, 0.4) is 0 Å². The Labute approximate surface area is 103 Å². The van der Waals surface area contributed by atoms with E-state index in [2.05, 4.69) is 15.4 Å². The van der Waals surface area contributed by atoms with Crippen LogP contribution in [-0.4, -0.2) is 25.1 Å². The van der Waals surface area contributed by atoms with E-state index in [9.17, 15) is 13.6 Å². The van der Waals surface area contributed by atoms with Crippen molar-refractivity contribution in [2.75, 3.05) is 11.9 Å². The van der Waals surface area contributed by atoms with Crippen molar-refractivity contribution in [3.05, 3.63) is 24.3 Å². The van der Waals surface area contributed by atoms with E-state index in [0.717, 1.165) is 12.8 Å². The molecule has 2 rings (SSSR count). The monoisotopic (exact) mass is 256 g/mol. The minimum absolute atomic E-state index is 0.0259. The molecule has 1 saturated carbocycles. The molecule has 18 heavy (non-hydrogen) atoms. The van der Waals surface area contributed by atoms with Gasteiger partial charge in [0.25, 0.3) is 0 Å². The van der Waals surface area contributed by atoms with Gasteiger partial charge in [-0.1, -0.05) is 6.07 Å². The molecule has 2 N–H and O–H groups in total. The molecule has 1 aliphatic carbocycles. The number of carbonyl (C=O) groups is 1. The molecule has 0 unspecified atom stereocenters. The van der Waals surface area contributed by atoms with Gasteiger partial charge in [-0.2, -0.15) is 8.78 Å². The summed E-state index contributed by atoms with van der Waals surface area (Å²) in [7, 11) is 0. The Hall–Kier alpha value is -1.69. The Bertz CT molecular complexity index is 422. The summed E-state index contributed by atoms with van der Waals surface area (Å²) >= 11 is 0. The minimum atomic E-state index is -2.87. The van der Waals surface area contributed by atoms with E-state index in [1.807, 2.05) is 0 Å². The van der Waals surface area contributed by atoms with Gasteiger partial charge in [0.2, 0.25) is 5.91 Å². The normalized spacial score (nSPS) is 14.6. The van der Waals surface area contributed by atoms with Crippen LogP contribution in [-0.2, 0) is 4.79 Å². The first-order valence-corrected chi connectivity index (χ1v) is 5.71. The summed E-state index contributed by atoms with van der Waals surface area (Å²) in [5.74, 6) is -0.172. The molecule has 1 amide bonds. The Balaban J connectivity index is 1.85. The Morgan fingerprint density at radius 1 is 1.44 bits per heavy atom. The second-order valence-electron chi connectivity index (χ2n) is 4.11. The van der Waals surface area contributed by atoms with Crippen molar-refractivity contribution in [3.8, 4) is 5.75 Å². The van der Waals surface area contributed by atoms with Crippen molar-refractivity contribution in [2.24, 2.45) is 0 Å². The number of alkyl halides is 2. The van der Waals surface area contributed by atoms with E-state index in [0.29, 0.717) is 11.7 Å². The fourth-order valence-electron chi connectivity index (χ4n) is 1.48. The average molecular weight is 256 g/mol. The molecule has 1 fully saturated rings. The first kappa shape index (κ1) is 12.8. The lowest BCUT2D eigenvalue weighted by Crippen LogP contribution is -2.29. The van der Waals surface area contributed by atoms with Crippen molar-refractivity contribution in [1.29, 1.82) is 0 Å². The second kappa shape index (κ2) is 5.77. The molecule has 0 atom stereocenters. The third kappa shape index (κ3) is 4.29. The van der Waals surface area contributed by atoms with Gasteiger partial charge in [0.1, 0.15) is 5.75 Å². The highest BCUT2D eigenvalue weighted by Gasteiger charge is 2.21. The van der Waals surface area contributed by atoms with Crippen LogP contribution in [0.2, 0.25) is 0 Å². The quantitative estimate of drug-likeness (QED) is 0.818. The summed E-state index contributed by atoms with van der Waals surface area (Å²) in [4.78, 5) is 11.5. The molecule has 0 spiro atoms. The number of nitrogens with one attached hydrogen (secondary N) is 2. The SMILES string of the molecule is O=C(CNC1CC1)Nc1cccc(OC(F)F)c1. The second-order valence-corrected chi connectivity index (χ2v) is 4.11. The smallest absolute Gasteiger partial charge is 0.387 e. The highest BCUT2D eigenvalue weighted by atomic mass is 19.3. The van der Waals surface area contributed by atoms with Crippen LogP contribution in [0.5, 0.6) is 5.75 Å². The fraction of sp³-hybridized carbons (Fsp3) is 0.417. The molecule has 1 aromatic rings. The maximum Gasteiger partial charge on any atom is 0.387 e. The molecule has 98 valence electrons. The first-order valence-electron chi connectivity index (χ1n) is 5.71. The molecule has 0 aliphatic heterocycles. The number of amides is 1. The summed E-state index contributed by atoms with van der Waals surface area (Å²) in [6.45, 7) is -2.64. The third-order valence-corrected chi connectivity index (χ3v) is 2.47. The number of rotatable bonds is 6. The van der Waals surface area contributed by atoms with Crippen LogP contribution in [0.4, 0.5) is 14.5 Å². The van der Waals surface area contributed by atoms with Crippen molar-refractivity contribution in [1.82, 2.24) is 5.32 Å². The van der Waals surface area contributed by atoms with Crippen molar-refractivity contribution < 1.29 is 18.3 Å². The number of carbonyl (C=O) groups excluding carboxylic acids is 1. The largest absolute Gasteiger partial charge is 0.435 e. The van der Waals surface area contributed by atoms with Gasteiger partial charge in [-0.05, 0) is 25.0 Å². The predicted octanol–water partition coefficient (Wildman–Crippen LogP) is 1.98. The minimum Gasteiger partial charge on any atom is -0.435 e. The Morgan fingerprint density at radius 2 is 2.22 bits per heavy atom. The van der Waals surface area contributed by atoms with Gasteiger partial charge >= 0.3 is 6.61 Å². The molecule has 6 heteroatoms. The van der Waals surface area contributed by atoms with Crippen LogP contribution in [0.25, 0.3) is 0 Å². The standard InChI is InChI=1S/C12H14F2N2O2/c13-12(14)18-10-3-1-2-9(6-10)16-11(17)7-15-8-4-5-8/h1-3,6,8,12,15H,4-5,7H2,(H,16,17). The van der Waals surface area contributed by atoms with Crippen LogP contribution in [0, 0.1) is 0 Å². The molecule has 0 bridgehead atoms. The van der Waals surface area contributed by atoms with Gasteiger partial charge in [-0.25, -0.2) is 0 Å². The molecular formula is C12H14F2N2O2. The molecule has 0 aromatic heterocycles. The summed E-state index contributed by atoms with van der Waals surface area (Å²) in [6, 6.07) is 6.38. The molecular weight excluding hydrogens is 242 g/mol. The van der Waals surface area contributed by atoms with Crippen LogP contribution in [0.15, 0.2) is 24.3 Å². The van der Waals surface area contributed by atoms with E-state index in [1.54, 1.807) is 12.1 Å². The number of halogens is 2. The van der Waals surface area contributed by atoms with Gasteiger partial charge in [0.05, 0.1) is 6.54 Å². The zero-order chi connectivity index (χ0) is 13.0. The number of ether oxygens (including phenoxy) is 1. The van der Waals surface area contributed by atoms with E-state index in [-0.39, 0.29) is 18.2 Å². The van der Waals surface area contributed by atoms with Crippen LogP contribution < -0.4 is 15.4 Å². The zero-order valence-corrected chi connectivity index (χ0v) is 9.66. The molecule has 0 saturated heterocycles. The van der Waals surface area contributed by atoms with Crippen molar-refractivity contribution in [2.45, 2.75) is 25.5 Å². The lowest BCUT2D eigenvalue weighted by atomic mass is 10.3. The number of hydrogen-bond acceptors (Lipinski definition) is 3. The van der Waals surface area contributed by atoms with E-state index in [4.69, 9.17) is 0 Å². The summed E-state index contributed by atoms with van der Waals surface area (Å²) in [6.07, 6.45) is 2.20. The van der Waals surface area contributed by atoms with Crippen LogP contribution in [0.1, 0.15) is 12.8 Å². The summed E-state index contributed by atoms with van der Waals surface area (Å²) in [5.41, 5.74) is 0.441. The maximum absolute atomic E-state index is 12.0. The number of anilines is 1. The van der Waals surface area contributed by atoms with Crippen molar-refractivity contribution >= 4 is 11.6 Å². The van der Waals surface area contributed by atoms with Gasteiger partial charge < -0.3 is 15.4 Å². The lowest BCUT2D eigenvalue weighted by Gasteiger charge is -2.08. The van der Waals surface area contributed by atoms with Crippen molar-refractivity contribution in [3.63, 3.8) is 0 Å². The van der Waals surface area contributed by atoms with Gasteiger partial charge in [-0.15, -0.1) is 0 Å². The van der Waals surface area contributed by atoms with Gasteiger partial charge in [0.15, 0.2) is 0 Å². The van der Waals surface area contributed by atoms with Crippen LogP contribution >= 0.6 is 0 Å². The maximum atomic E-state index is 12.0. The third-order valence-electron chi connectivity index (χ3n) is 2.47. The highest BCUT2D eigenvalue weighted by molar-refractivity contribution is 5.92. The Kier molecular flexibility index (Phi) is 4.09. The van der Waals surface area contributed by atoms with E-state index < -0.39 is 6.61 Å². The molecule has 1 aromatic carbocycles. The average Bonchev–Trinajstić information content (AvgIpc) is 3.09. The lowest BCUT2D eigenvalue weighted by molar-refractivity contribution is -0.115. The number of hydrogen-bond donors (Lipinski definition) is 2. The molecule has 4 nitrogen and oxygen atoms in total. The topological polar surface area (TPSA) is 50.4 Å². The van der Waals surface area contributed by atoms with E-state index >= 15 is 0 Å². The summed E-state index contributed by atoms with van der Waals surface area (Å²) in [5, 5.41) is 5.67. The first-order chi connectivity index (χ1) is 8.63. The fourth-order valence-corrected chi connectivity index (χ4v) is 1.48. The Morgan fingerprint density at radius 3 is 2.89 bits per heavy atom. The highest BCUT2D eigenvalue weighted by Crippen LogP contribution is 2.20. The zero-order valence-electron chi connectivity index (χ0n) is 9.66. The predicted molar refractivity (Wildman–Crippen MR) is 62.7 cm³/mol. The van der Waals surface area contributed by atoms with Gasteiger partial charge in [0, 0.05) is 17.8 Å². The molecule has 1 aliphatic rings. The summed E-state index contributed by atoms with van der Waals surface area (Å²) < 4.78 is 28.3. The number of benzene rings is 1. The van der Waals surface area contributed by atoms with Gasteiger partial charge in [-0.3, -0.25) is 4.79 Å². The van der Waals surface area contributed by atoms with E-state index in [1.165, 1.54) is 12.1 Å². The molecule has 0 radical (unpaired) electrons.